The third-order valence-corrected chi connectivity index (χ3v) is 1.84. The highest BCUT2D eigenvalue weighted by molar-refractivity contribution is 5.22. The van der Waals surface area contributed by atoms with E-state index in [0.29, 0.717) is 12.2 Å². The number of hydrogen-bond donors (Lipinski definition) is 1. The average molecular weight is 209 g/mol. The van der Waals surface area contributed by atoms with Crippen molar-refractivity contribution < 1.29 is 14.2 Å². The highest BCUT2D eigenvalue weighted by Gasteiger charge is 2.03. The molecule has 1 unspecified atom stereocenters. The summed E-state index contributed by atoms with van der Waals surface area (Å²) in [7, 11) is 0. The van der Waals surface area contributed by atoms with Crippen LogP contribution in [0.3, 0.4) is 0 Å². The lowest BCUT2D eigenvalue weighted by Gasteiger charge is -2.08. The van der Waals surface area contributed by atoms with Gasteiger partial charge in [-0.25, -0.2) is 4.39 Å². The van der Waals surface area contributed by atoms with Crippen molar-refractivity contribution in [2.45, 2.75) is 18.9 Å². The third-order valence-electron chi connectivity index (χ3n) is 1.84. The number of rotatable bonds is 5. The minimum absolute atomic E-state index is 0.0898. The molecule has 1 aromatic rings. The largest absolute Gasteiger partial charge is 0.493 e. The topological polar surface area (TPSA) is 53.2 Å². The average Bonchev–Trinajstić information content (AvgIpc) is 2.18. The zero-order chi connectivity index (χ0) is 11.1. The summed E-state index contributed by atoms with van der Waals surface area (Å²) in [6.45, 7) is 0.270. The summed E-state index contributed by atoms with van der Waals surface area (Å²) in [6.07, 6.45) is -0.222. The molecular weight excluding hydrogens is 197 g/mol. The molecule has 0 fully saturated rings. The van der Waals surface area contributed by atoms with Crippen LogP contribution in [-0.2, 0) is 0 Å². The van der Waals surface area contributed by atoms with Gasteiger partial charge in [0.15, 0.2) is 0 Å². The highest BCUT2D eigenvalue weighted by atomic mass is 19.1. The summed E-state index contributed by atoms with van der Waals surface area (Å²) in [5.74, 6) is 0.0734. The summed E-state index contributed by atoms with van der Waals surface area (Å²) in [5, 5.41) is 17.5. The molecule has 0 radical (unpaired) electrons. The maximum atomic E-state index is 12.7. The van der Waals surface area contributed by atoms with Crippen molar-refractivity contribution in [1.29, 1.82) is 5.26 Å². The fourth-order valence-electron chi connectivity index (χ4n) is 1.08. The molecule has 0 spiro atoms. The van der Waals surface area contributed by atoms with Gasteiger partial charge in [-0.2, -0.15) is 5.26 Å². The second-order valence-electron chi connectivity index (χ2n) is 3.11. The fourth-order valence-corrected chi connectivity index (χ4v) is 1.08. The van der Waals surface area contributed by atoms with Gasteiger partial charge in [-0.15, -0.1) is 0 Å². The van der Waals surface area contributed by atoms with Crippen LogP contribution in [0.15, 0.2) is 24.3 Å². The van der Waals surface area contributed by atoms with Crippen LogP contribution in [0.2, 0.25) is 0 Å². The van der Waals surface area contributed by atoms with Crippen molar-refractivity contribution >= 4 is 0 Å². The molecule has 0 aliphatic carbocycles. The van der Waals surface area contributed by atoms with Crippen molar-refractivity contribution in [2.24, 2.45) is 0 Å². The first-order chi connectivity index (χ1) is 7.22. The number of nitrogens with zero attached hydrogens (tertiary/aromatic N) is 1. The molecule has 0 aliphatic heterocycles. The van der Waals surface area contributed by atoms with Crippen molar-refractivity contribution in [2.75, 3.05) is 6.61 Å². The molecule has 0 saturated heterocycles. The van der Waals surface area contributed by atoms with E-state index in [9.17, 15) is 9.50 Å². The predicted octanol–water partition coefficient (Wildman–Crippen LogP) is 1.87. The molecule has 1 N–H and O–H groups in total. The van der Waals surface area contributed by atoms with Crippen LogP contribution < -0.4 is 4.74 Å². The van der Waals surface area contributed by atoms with Gasteiger partial charge in [-0.05, 0) is 12.1 Å². The van der Waals surface area contributed by atoms with E-state index in [1.165, 1.54) is 12.1 Å². The minimum atomic E-state index is -0.677. The second kappa shape index (κ2) is 5.99. The maximum Gasteiger partial charge on any atom is 0.126 e. The van der Waals surface area contributed by atoms with Crippen LogP contribution in [0.25, 0.3) is 0 Å². The van der Waals surface area contributed by atoms with E-state index < -0.39 is 6.10 Å². The van der Waals surface area contributed by atoms with E-state index >= 15 is 0 Å². The molecule has 0 aromatic heterocycles. The zero-order valence-corrected chi connectivity index (χ0v) is 8.19. The lowest BCUT2D eigenvalue weighted by molar-refractivity contribution is 0.143. The Kier molecular flexibility index (Phi) is 4.58. The number of ether oxygens (including phenoxy) is 1. The van der Waals surface area contributed by atoms with E-state index in [1.54, 1.807) is 12.1 Å². The van der Waals surface area contributed by atoms with Gasteiger partial charge in [0.1, 0.15) is 11.6 Å². The Bertz CT molecular complexity index is 349. The number of benzene rings is 1. The predicted molar refractivity (Wildman–Crippen MR) is 52.7 cm³/mol. The molecule has 0 heterocycles. The number of aliphatic hydroxyl groups excluding tert-OH is 1. The van der Waals surface area contributed by atoms with Crippen LogP contribution in [0.4, 0.5) is 4.39 Å². The molecule has 1 aromatic carbocycles. The molecule has 0 saturated carbocycles. The summed E-state index contributed by atoms with van der Waals surface area (Å²) >= 11 is 0. The van der Waals surface area contributed by atoms with Gasteiger partial charge in [0.2, 0.25) is 0 Å². The number of nitriles is 1. The summed E-state index contributed by atoms with van der Waals surface area (Å²) < 4.78 is 17.9. The Morgan fingerprint density at radius 2 is 2.33 bits per heavy atom. The lowest BCUT2D eigenvalue weighted by atomic mass is 10.2. The Morgan fingerprint density at radius 3 is 3.00 bits per heavy atom. The Morgan fingerprint density at radius 1 is 1.53 bits per heavy atom. The first-order valence-electron chi connectivity index (χ1n) is 4.66. The number of aliphatic hydroxyl groups is 1. The molecule has 0 bridgehead atoms. The normalized spacial score (nSPS) is 11.8. The number of hydrogen-bond acceptors (Lipinski definition) is 3. The second-order valence-corrected chi connectivity index (χ2v) is 3.11. The van der Waals surface area contributed by atoms with E-state index in [0.717, 1.165) is 0 Å². The molecule has 0 amide bonds. The molecule has 1 rings (SSSR count). The number of halogens is 1. The standard InChI is InChI=1S/C11H12FNO2/c12-9-2-1-3-11(8-9)15-7-5-10(14)4-6-13/h1-3,8,10,14H,4-5,7H2. The first-order valence-corrected chi connectivity index (χ1v) is 4.66. The molecule has 3 nitrogen and oxygen atoms in total. The SMILES string of the molecule is N#CCC(O)CCOc1cccc(F)c1. The van der Waals surface area contributed by atoms with E-state index in [-0.39, 0.29) is 18.8 Å². The van der Waals surface area contributed by atoms with Crippen LogP contribution >= 0.6 is 0 Å². The zero-order valence-electron chi connectivity index (χ0n) is 8.19. The maximum absolute atomic E-state index is 12.7. The van der Waals surface area contributed by atoms with Gasteiger partial charge in [-0.3, -0.25) is 0 Å². The van der Waals surface area contributed by atoms with Crippen molar-refractivity contribution in [3.05, 3.63) is 30.1 Å². The van der Waals surface area contributed by atoms with Crippen molar-refractivity contribution in [3.8, 4) is 11.8 Å². The van der Waals surface area contributed by atoms with Gasteiger partial charge < -0.3 is 9.84 Å². The third kappa shape index (κ3) is 4.43. The van der Waals surface area contributed by atoms with Crippen molar-refractivity contribution in [3.63, 3.8) is 0 Å². The van der Waals surface area contributed by atoms with Gasteiger partial charge in [0.05, 0.1) is 25.2 Å². The smallest absolute Gasteiger partial charge is 0.126 e. The quantitative estimate of drug-likeness (QED) is 0.805. The van der Waals surface area contributed by atoms with Gasteiger partial charge in [0, 0.05) is 12.5 Å². The van der Waals surface area contributed by atoms with Crippen LogP contribution in [0.1, 0.15) is 12.8 Å². The van der Waals surface area contributed by atoms with Crippen molar-refractivity contribution in [1.82, 2.24) is 0 Å². The monoisotopic (exact) mass is 209 g/mol. The van der Waals surface area contributed by atoms with E-state index in [2.05, 4.69) is 0 Å². The Balaban J connectivity index is 2.29. The van der Waals surface area contributed by atoms with Gasteiger partial charge >= 0.3 is 0 Å². The molecule has 15 heavy (non-hydrogen) atoms. The van der Waals surface area contributed by atoms with Gasteiger partial charge in [-0.1, -0.05) is 6.07 Å². The van der Waals surface area contributed by atoms with E-state index in [4.69, 9.17) is 10.00 Å². The summed E-state index contributed by atoms with van der Waals surface area (Å²) in [4.78, 5) is 0. The van der Waals surface area contributed by atoms with E-state index in [1.807, 2.05) is 6.07 Å². The summed E-state index contributed by atoms with van der Waals surface area (Å²) in [6, 6.07) is 7.66. The lowest BCUT2D eigenvalue weighted by Crippen LogP contribution is -2.11. The molecule has 0 aliphatic rings. The van der Waals surface area contributed by atoms with Crippen LogP contribution in [-0.4, -0.2) is 17.8 Å². The van der Waals surface area contributed by atoms with Crippen LogP contribution in [0.5, 0.6) is 5.75 Å². The fraction of sp³-hybridized carbons (Fsp3) is 0.364. The highest BCUT2D eigenvalue weighted by Crippen LogP contribution is 2.12. The Hall–Kier alpha value is -1.60. The molecule has 1 atom stereocenters. The summed E-state index contributed by atoms with van der Waals surface area (Å²) in [5.41, 5.74) is 0. The van der Waals surface area contributed by atoms with Gasteiger partial charge in [0.25, 0.3) is 0 Å². The molecular formula is C11H12FNO2. The first kappa shape index (κ1) is 11.5. The Labute approximate surface area is 87.7 Å². The molecule has 80 valence electrons. The molecule has 4 heteroatoms. The minimum Gasteiger partial charge on any atom is -0.493 e. The van der Waals surface area contributed by atoms with Crippen LogP contribution in [0, 0.1) is 17.1 Å².